The summed E-state index contributed by atoms with van der Waals surface area (Å²) >= 11 is 1.50. The SMILES string of the molecule is COc1cc(F)c([N+](=O)[O-])c(NCc2nc(-c3cccs3)n[nH]2)c1. The zero-order valence-electron chi connectivity index (χ0n) is 12.4. The number of methoxy groups -OCH3 is 1. The molecule has 0 saturated carbocycles. The minimum atomic E-state index is -0.973. The predicted molar refractivity (Wildman–Crippen MR) is 86.6 cm³/mol. The number of rotatable bonds is 6. The Labute approximate surface area is 139 Å². The van der Waals surface area contributed by atoms with E-state index >= 15 is 0 Å². The molecule has 2 aromatic heterocycles. The zero-order chi connectivity index (χ0) is 17.1. The van der Waals surface area contributed by atoms with E-state index in [-0.39, 0.29) is 18.0 Å². The van der Waals surface area contributed by atoms with Gasteiger partial charge in [0.05, 0.1) is 23.5 Å². The first-order chi connectivity index (χ1) is 11.6. The highest BCUT2D eigenvalue weighted by Crippen LogP contribution is 2.32. The molecule has 2 N–H and O–H groups in total. The zero-order valence-corrected chi connectivity index (χ0v) is 13.3. The molecule has 3 aromatic rings. The summed E-state index contributed by atoms with van der Waals surface area (Å²) in [7, 11) is 1.36. The Bertz CT molecular complexity index is 865. The summed E-state index contributed by atoms with van der Waals surface area (Å²) in [4.78, 5) is 15.5. The normalized spacial score (nSPS) is 10.6. The number of anilines is 1. The maximum absolute atomic E-state index is 13.9. The second-order valence-electron chi connectivity index (χ2n) is 4.70. The Kier molecular flexibility index (Phi) is 4.38. The van der Waals surface area contributed by atoms with Gasteiger partial charge in [-0.3, -0.25) is 15.2 Å². The van der Waals surface area contributed by atoms with E-state index in [0.29, 0.717) is 11.6 Å². The molecule has 0 aliphatic heterocycles. The molecule has 0 fully saturated rings. The number of aromatic nitrogens is 3. The van der Waals surface area contributed by atoms with Crippen LogP contribution in [-0.2, 0) is 6.54 Å². The van der Waals surface area contributed by atoms with Gasteiger partial charge in [0, 0.05) is 12.1 Å². The molecular weight excluding hydrogens is 337 g/mol. The lowest BCUT2D eigenvalue weighted by Gasteiger charge is -2.08. The van der Waals surface area contributed by atoms with E-state index in [1.807, 2.05) is 17.5 Å². The number of nitrogens with one attached hydrogen (secondary N) is 2. The average molecular weight is 349 g/mol. The Balaban J connectivity index is 1.81. The number of nitrogens with zero attached hydrogens (tertiary/aromatic N) is 3. The molecular formula is C14H12FN5O3S. The molecule has 0 unspecified atom stereocenters. The lowest BCUT2D eigenvalue weighted by Crippen LogP contribution is -2.06. The molecule has 0 radical (unpaired) electrons. The van der Waals surface area contributed by atoms with Crippen molar-refractivity contribution in [3.63, 3.8) is 0 Å². The van der Waals surface area contributed by atoms with Crippen LogP contribution in [0.25, 0.3) is 10.7 Å². The van der Waals surface area contributed by atoms with E-state index < -0.39 is 16.4 Å². The first kappa shape index (κ1) is 15.9. The number of nitro benzene ring substituents is 1. The van der Waals surface area contributed by atoms with Crippen molar-refractivity contribution >= 4 is 22.7 Å². The monoisotopic (exact) mass is 349 g/mol. The number of benzene rings is 1. The Hall–Kier alpha value is -3.01. The van der Waals surface area contributed by atoms with E-state index in [4.69, 9.17) is 4.74 Å². The van der Waals surface area contributed by atoms with Crippen LogP contribution in [-0.4, -0.2) is 27.2 Å². The number of ether oxygens (including phenoxy) is 1. The molecule has 0 aliphatic carbocycles. The molecule has 0 spiro atoms. The van der Waals surface area contributed by atoms with Crippen molar-refractivity contribution in [2.24, 2.45) is 0 Å². The van der Waals surface area contributed by atoms with Gasteiger partial charge >= 0.3 is 5.69 Å². The molecule has 0 aliphatic rings. The highest BCUT2D eigenvalue weighted by molar-refractivity contribution is 7.13. The van der Waals surface area contributed by atoms with Gasteiger partial charge in [-0.2, -0.15) is 9.49 Å². The molecule has 0 bridgehead atoms. The maximum Gasteiger partial charge on any atom is 0.327 e. The summed E-state index contributed by atoms with van der Waals surface area (Å²) in [5.41, 5.74) is -0.639. The van der Waals surface area contributed by atoms with Crippen molar-refractivity contribution in [1.29, 1.82) is 0 Å². The first-order valence-electron chi connectivity index (χ1n) is 6.79. The lowest BCUT2D eigenvalue weighted by molar-refractivity contribution is -0.386. The van der Waals surface area contributed by atoms with Gasteiger partial charge in [-0.1, -0.05) is 6.07 Å². The minimum Gasteiger partial charge on any atom is -0.497 e. The smallest absolute Gasteiger partial charge is 0.327 e. The maximum atomic E-state index is 13.9. The third-order valence-corrected chi connectivity index (χ3v) is 4.04. The molecule has 124 valence electrons. The highest BCUT2D eigenvalue weighted by Gasteiger charge is 2.22. The van der Waals surface area contributed by atoms with Crippen LogP contribution in [0.3, 0.4) is 0 Å². The molecule has 1 aromatic carbocycles. The van der Waals surface area contributed by atoms with E-state index in [1.54, 1.807) is 0 Å². The van der Waals surface area contributed by atoms with Crippen LogP contribution < -0.4 is 10.1 Å². The van der Waals surface area contributed by atoms with E-state index in [1.165, 1.54) is 24.5 Å². The van der Waals surface area contributed by atoms with Crippen molar-refractivity contribution < 1.29 is 14.1 Å². The Morgan fingerprint density at radius 1 is 1.50 bits per heavy atom. The third kappa shape index (κ3) is 3.18. The number of H-pyrrole nitrogens is 1. The number of aromatic amines is 1. The summed E-state index contributed by atoms with van der Waals surface area (Å²) in [5.74, 6) is 0.209. The van der Waals surface area contributed by atoms with Crippen molar-refractivity contribution in [2.75, 3.05) is 12.4 Å². The number of hydrogen-bond donors (Lipinski definition) is 2. The molecule has 24 heavy (non-hydrogen) atoms. The fourth-order valence-electron chi connectivity index (χ4n) is 2.08. The van der Waals surface area contributed by atoms with Crippen LogP contribution in [0, 0.1) is 15.9 Å². The summed E-state index contributed by atoms with van der Waals surface area (Å²) in [6.07, 6.45) is 0. The van der Waals surface area contributed by atoms with Gasteiger partial charge in [-0.05, 0) is 11.4 Å². The predicted octanol–water partition coefficient (Wildman–Crippen LogP) is 3.20. The van der Waals surface area contributed by atoms with Gasteiger partial charge in [0.1, 0.15) is 17.3 Å². The fraction of sp³-hybridized carbons (Fsp3) is 0.143. The van der Waals surface area contributed by atoms with Gasteiger partial charge in [0.25, 0.3) is 0 Å². The van der Waals surface area contributed by atoms with Crippen molar-refractivity contribution in [3.05, 3.63) is 51.4 Å². The second-order valence-corrected chi connectivity index (χ2v) is 5.65. The van der Waals surface area contributed by atoms with Gasteiger partial charge < -0.3 is 10.1 Å². The van der Waals surface area contributed by atoms with Crippen LogP contribution in [0.4, 0.5) is 15.8 Å². The summed E-state index contributed by atoms with van der Waals surface area (Å²) in [5, 5.41) is 22.6. The van der Waals surface area contributed by atoms with Crippen molar-refractivity contribution in [3.8, 4) is 16.5 Å². The molecule has 3 rings (SSSR count). The Morgan fingerprint density at radius 2 is 2.33 bits per heavy atom. The molecule has 0 saturated heterocycles. The first-order valence-corrected chi connectivity index (χ1v) is 7.67. The molecule has 8 nitrogen and oxygen atoms in total. The van der Waals surface area contributed by atoms with E-state index in [2.05, 4.69) is 20.5 Å². The van der Waals surface area contributed by atoms with E-state index in [0.717, 1.165) is 10.9 Å². The van der Waals surface area contributed by atoms with E-state index in [9.17, 15) is 14.5 Å². The summed E-state index contributed by atoms with van der Waals surface area (Å²) in [6.45, 7) is 0.117. The largest absolute Gasteiger partial charge is 0.497 e. The standard InChI is InChI=1S/C14H12FN5O3S/c1-23-8-5-9(15)13(20(21)22)10(6-8)16-7-12-17-14(19-18-12)11-3-2-4-24-11/h2-6,16H,7H2,1H3,(H,17,18,19). The number of thiophene rings is 1. The average Bonchev–Trinajstić information content (AvgIpc) is 3.22. The lowest BCUT2D eigenvalue weighted by atomic mass is 10.2. The van der Waals surface area contributed by atoms with Gasteiger partial charge in [0.15, 0.2) is 5.82 Å². The molecule has 0 atom stereocenters. The molecule has 0 amide bonds. The van der Waals surface area contributed by atoms with Crippen LogP contribution in [0.5, 0.6) is 5.75 Å². The number of hydrogen-bond acceptors (Lipinski definition) is 7. The fourth-order valence-corrected chi connectivity index (χ4v) is 2.74. The second kappa shape index (κ2) is 6.62. The number of halogens is 1. The topological polar surface area (TPSA) is 106 Å². The van der Waals surface area contributed by atoms with Gasteiger partial charge in [-0.15, -0.1) is 11.3 Å². The van der Waals surface area contributed by atoms with Gasteiger partial charge in [0.2, 0.25) is 5.82 Å². The van der Waals surface area contributed by atoms with Crippen LogP contribution in [0.1, 0.15) is 5.82 Å². The Morgan fingerprint density at radius 3 is 3.00 bits per heavy atom. The van der Waals surface area contributed by atoms with Crippen LogP contribution in [0.15, 0.2) is 29.6 Å². The van der Waals surface area contributed by atoms with Crippen molar-refractivity contribution in [1.82, 2.24) is 15.2 Å². The van der Waals surface area contributed by atoms with Crippen molar-refractivity contribution in [2.45, 2.75) is 6.54 Å². The minimum absolute atomic E-state index is 0.00548. The highest BCUT2D eigenvalue weighted by atomic mass is 32.1. The summed E-state index contributed by atoms with van der Waals surface area (Å²) < 4.78 is 18.8. The third-order valence-electron chi connectivity index (χ3n) is 3.17. The molecule has 2 heterocycles. The van der Waals surface area contributed by atoms with Crippen LogP contribution in [0.2, 0.25) is 0 Å². The number of nitro groups is 1. The van der Waals surface area contributed by atoms with Crippen LogP contribution >= 0.6 is 11.3 Å². The van der Waals surface area contributed by atoms with Gasteiger partial charge in [-0.25, -0.2) is 4.98 Å². The quantitative estimate of drug-likeness (QED) is 0.523. The molecule has 10 heteroatoms. The summed E-state index contributed by atoms with van der Waals surface area (Å²) in [6, 6.07) is 6.09.